The molecule has 0 unspecified atom stereocenters. The Morgan fingerprint density at radius 1 is 0.968 bits per heavy atom. The van der Waals surface area contributed by atoms with Gasteiger partial charge in [-0.15, -0.1) is 0 Å². The van der Waals surface area contributed by atoms with Crippen LogP contribution in [0.4, 0.5) is 0 Å². The molecule has 0 aliphatic carbocycles. The summed E-state index contributed by atoms with van der Waals surface area (Å²) in [6.45, 7) is 17.2. The molecule has 2 heterocycles. The van der Waals surface area contributed by atoms with Gasteiger partial charge >= 0.3 is 5.97 Å². The third-order valence-electron chi connectivity index (χ3n) is 10.4. The van der Waals surface area contributed by atoms with E-state index in [1.54, 1.807) is 78.8 Å². The van der Waals surface area contributed by atoms with E-state index in [1.165, 1.54) is 0 Å². The molecule has 18 nitrogen and oxygen atoms in total. The van der Waals surface area contributed by atoms with Crippen molar-refractivity contribution in [2.75, 3.05) is 13.1 Å². The molecule has 340 valence electrons. The van der Waals surface area contributed by atoms with E-state index in [2.05, 4.69) is 36.0 Å². The number of hydrogen-bond acceptors (Lipinski definition) is 12. The lowest BCUT2D eigenvalue weighted by molar-refractivity contribution is -0.156. The molecule has 0 bridgehead atoms. The van der Waals surface area contributed by atoms with Crippen LogP contribution in [0.15, 0.2) is 45.2 Å². The molecule has 2 aliphatic heterocycles. The Kier molecular flexibility index (Phi) is 15.8. The molecule has 0 radical (unpaired) electrons. The van der Waals surface area contributed by atoms with Crippen molar-refractivity contribution in [3.8, 4) is 5.75 Å². The Morgan fingerprint density at radius 3 is 2.24 bits per heavy atom. The second-order valence-electron chi connectivity index (χ2n) is 17.8. The number of hydrogen-bond donors (Lipinski definition) is 7. The maximum atomic E-state index is 14.0. The first-order chi connectivity index (χ1) is 28.8. The number of ether oxygens (including phenoxy) is 2. The first-order valence-electron chi connectivity index (χ1n) is 20.7. The van der Waals surface area contributed by atoms with Gasteiger partial charge in [0.25, 0.3) is 10.0 Å². The highest BCUT2D eigenvalue weighted by atomic mass is 32.2. The molecule has 4 rings (SSSR count). The van der Waals surface area contributed by atoms with E-state index >= 15 is 0 Å². The van der Waals surface area contributed by atoms with Crippen molar-refractivity contribution in [2.24, 2.45) is 27.4 Å². The molecule has 19 heteroatoms. The highest BCUT2D eigenvalue weighted by Gasteiger charge is 2.37. The number of rotatable bonds is 11. The van der Waals surface area contributed by atoms with Crippen molar-refractivity contribution >= 4 is 51.4 Å². The zero-order valence-electron chi connectivity index (χ0n) is 37.4. The zero-order chi connectivity index (χ0) is 46.3. The fraction of sp³-hybridized carbons (Fsp3) is 0.558. The summed E-state index contributed by atoms with van der Waals surface area (Å²) in [6, 6.07) is 3.93. The summed E-state index contributed by atoms with van der Waals surface area (Å²) < 4.78 is 41.3. The summed E-state index contributed by atoms with van der Waals surface area (Å²) in [7, 11) is -4.17. The third-order valence-corrected chi connectivity index (χ3v) is 12.0. The van der Waals surface area contributed by atoms with Gasteiger partial charge in [0.15, 0.2) is 0 Å². The second kappa shape index (κ2) is 20.0. The number of nitrogens with zero attached hydrogens (tertiary/aromatic N) is 2. The smallest absolute Gasteiger partial charge is 0.309 e. The highest BCUT2D eigenvalue weighted by molar-refractivity contribution is 7.90. The van der Waals surface area contributed by atoms with Crippen molar-refractivity contribution < 1.29 is 41.9 Å². The number of carbonyl (C=O) groups is 5. The van der Waals surface area contributed by atoms with Crippen LogP contribution in [-0.4, -0.2) is 98.3 Å². The Morgan fingerprint density at radius 2 is 1.61 bits per heavy atom. The number of guanidine groups is 1. The van der Waals surface area contributed by atoms with Crippen molar-refractivity contribution in [1.82, 2.24) is 26.0 Å². The molecule has 0 aromatic heterocycles. The summed E-state index contributed by atoms with van der Waals surface area (Å²) in [5.41, 5.74) is 14.3. The SMILES string of the molecule is Cc1c(C)c(S(=O)(=O)NC(N)=NCCC[C@@H]2NC(=O)[C@H](C(C)C)NC(=O)[C@@H](Cc3ccccc3)NC(=O)[C@H](CC(=O)OC(C)(C)C)N=C(N)CNC2=O)c(C)c2c1OC(C)(C)C2. The van der Waals surface area contributed by atoms with Gasteiger partial charge in [0.1, 0.15) is 47.0 Å². The number of fused-ring (bicyclic) bond motifs is 1. The second-order valence-corrected chi connectivity index (χ2v) is 19.4. The molecule has 4 atom stereocenters. The summed E-state index contributed by atoms with van der Waals surface area (Å²) in [5, 5.41) is 10.8. The zero-order valence-corrected chi connectivity index (χ0v) is 38.2. The van der Waals surface area contributed by atoms with Crippen molar-refractivity contribution in [2.45, 2.75) is 142 Å². The lowest BCUT2D eigenvalue weighted by Gasteiger charge is -2.27. The normalized spacial score (nSPS) is 21.5. The van der Waals surface area contributed by atoms with E-state index < -0.39 is 87.3 Å². The predicted molar refractivity (Wildman–Crippen MR) is 235 cm³/mol. The minimum absolute atomic E-state index is 0.00682. The van der Waals surface area contributed by atoms with Crippen LogP contribution in [0.2, 0.25) is 0 Å². The van der Waals surface area contributed by atoms with Gasteiger partial charge in [-0.2, -0.15) is 0 Å². The van der Waals surface area contributed by atoms with Crippen LogP contribution in [-0.2, 0) is 51.6 Å². The number of nitrogens with one attached hydrogen (secondary N) is 5. The molecule has 0 saturated heterocycles. The first-order valence-corrected chi connectivity index (χ1v) is 22.2. The maximum absolute atomic E-state index is 14.0. The van der Waals surface area contributed by atoms with Crippen LogP contribution < -0.4 is 42.2 Å². The van der Waals surface area contributed by atoms with Crippen LogP contribution in [0.25, 0.3) is 0 Å². The van der Waals surface area contributed by atoms with Crippen molar-refractivity contribution in [3.05, 3.63) is 58.1 Å². The number of nitrogens with two attached hydrogens (primary N) is 2. The van der Waals surface area contributed by atoms with Gasteiger partial charge in [0.2, 0.25) is 29.6 Å². The topological polar surface area (TPSA) is 275 Å². The summed E-state index contributed by atoms with van der Waals surface area (Å²) in [4.78, 5) is 76.8. The molecular weight excluding hydrogens is 819 g/mol. The summed E-state index contributed by atoms with van der Waals surface area (Å²) in [5.74, 6) is -3.93. The molecule has 0 saturated carbocycles. The molecule has 2 aromatic carbocycles. The van der Waals surface area contributed by atoms with Gasteiger partial charge in [-0.05, 0) is 96.4 Å². The average molecular weight is 882 g/mol. The van der Waals surface area contributed by atoms with Gasteiger partial charge < -0.3 is 42.2 Å². The Bertz CT molecular complexity index is 2200. The molecule has 2 aromatic rings. The molecule has 9 N–H and O–H groups in total. The van der Waals surface area contributed by atoms with E-state index in [1.807, 2.05) is 20.8 Å². The number of amidine groups is 1. The standard InChI is InChI=1S/C43H63N9O9S/c1-23(2)34-40(57)49-29(17-14-18-46-41(45)52-62(58,59)36-25(4)24(3)35-28(26(36)5)21-43(9,10)61-35)37(54)47-22-32(44)48-31(20-33(53)60-42(6,7)8)38(55)50-30(39(56)51-34)19-27-15-12-11-13-16-27/h11-13,15-16,23,29-31,34H,14,17-22H2,1-10H3,(H2,44,48)(H,47,54)(H,49,57)(H,50,55)(H,51,56)(H3,45,46,52)/t29-,30+,31-,34-/m0/s1. The number of sulfonamides is 1. The van der Waals surface area contributed by atoms with Crippen LogP contribution in [0, 0.1) is 26.7 Å². The quantitative estimate of drug-likeness (QED) is 0.0738. The number of benzene rings is 2. The number of amides is 4. The fourth-order valence-corrected chi connectivity index (χ4v) is 8.82. The van der Waals surface area contributed by atoms with Gasteiger partial charge in [-0.3, -0.25) is 34.0 Å². The van der Waals surface area contributed by atoms with Crippen LogP contribution in [0.3, 0.4) is 0 Å². The van der Waals surface area contributed by atoms with Crippen LogP contribution in [0.1, 0.15) is 95.5 Å². The summed E-state index contributed by atoms with van der Waals surface area (Å²) in [6.07, 6.45) is 0.212. The Labute approximate surface area is 364 Å². The maximum Gasteiger partial charge on any atom is 0.309 e. The number of aliphatic imine (C=N–C) groups is 2. The monoisotopic (exact) mass is 881 g/mol. The Balaban J connectivity index is 1.57. The van der Waals surface area contributed by atoms with E-state index in [4.69, 9.17) is 20.9 Å². The van der Waals surface area contributed by atoms with E-state index in [0.29, 0.717) is 28.9 Å². The number of carbonyl (C=O) groups excluding carboxylic acids is 5. The van der Waals surface area contributed by atoms with Gasteiger partial charge in [-0.25, -0.2) is 13.1 Å². The lowest BCUT2D eigenvalue weighted by atomic mass is 9.94. The number of esters is 1. The van der Waals surface area contributed by atoms with E-state index in [-0.39, 0.29) is 49.0 Å². The minimum atomic E-state index is -4.17. The first kappa shape index (κ1) is 48.9. The van der Waals surface area contributed by atoms with Gasteiger partial charge in [-0.1, -0.05) is 44.2 Å². The minimum Gasteiger partial charge on any atom is -0.487 e. The predicted octanol–water partition coefficient (Wildman–Crippen LogP) is 1.64. The molecular formula is C43H63N9O9S. The molecule has 0 fully saturated rings. The Hall–Kier alpha value is -5.72. The summed E-state index contributed by atoms with van der Waals surface area (Å²) >= 11 is 0. The van der Waals surface area contributed by atoms with Crippen LogP contribution in [0.5, 0.6) is 5.75 Å². The van der Waals surface area contributed by atoms with E-state index in [0.717, 1.165) is 11.1 Å². The van der Waals surface area contributed by atoms with Gasteiger partial charge in [0.05, 0.1) is 17.9 Å². The highest BCUT2D eigenvalue weighted by Crippen LogP contribution is 2.43. The van der Waals surface area contributed by atoms with Gasteiger partial charge in [0, 0.05) is 24.9 Å². The lowest BCUT2D eigenvalue weighted by Crippen LogP contribution is -2.59. The molecule has 4 amide bonds. The molecule has 2 aliphatic rings. The third kappa shape index (κ3) is 13.1. The van der Waals surface area contributed by atoms with Crippen LogP contribution >= 0.6 is 0 Å². The fourth-order valence-electron chi connectivity index (χ4n) is 7.29. The van der Waals surface area contributed by atoms with Crippen molar-refractivity contribution in [3.63, 3.8) is 0 Å². The van der Waals surface area contributed by atoms with Crippen molar-refractivity contribution in [1.29, 1.82) is 0 Å². The van der Waals surface area contributed by atoms with E-state index in [9.17, 15) is 32.4 Å². The molecule has 62 heavy (non-hydrogen) atoms. The average Bonchev–Trinajstić information content (AvgIpc) is 3.50. The molecule has 0 spiro atoms. The largest absolute Gasteiger partial charge is 0.487 e.